The molecule has 7 nitrogen and oxygen atoms in total. The van der Waals surface area contributed by atoms with Gasteiger partial charge >= 0.3 is 0 Å². The lowest BCUT2D eigenvalue weighted by Crippen LogP contribution is -2.43. The number of piperidine rings is 2. The van der Waals surface area contributed by atoms with Crippen LogP contribution in [0.2, 0.25) is 0 Å². The number of anilines is 2. The Morgan fingerprint density at radius 2 is 1.81 bits per heavy atom. The molecule has 27 heavy (non-hydrogen) atoms. The predicted octanol–water partition coefficient (Wildman–Crippen LogP) is 2.57. The average Bonchev–Trinajstić information content (AvgIpc) is 3.12. The zero-order valence-corrected chi connectivity index (χ0v) is 16.5. The van der Waals surface area contributed by atoms with E-state index < -0.39 is 0 Å². The van der Waals surface area contributed by atoms with Gasteiger partial charge in [0.2, 0.25) is 5.95 Å². The Balaban J connectivity index is 1.35. The van der Waals surface area contributed by atoms with Gasteiger partial charge < -0.3 is 20.1 Å². The molecule has 0 aromatic carbocycles. The third-order valence-electron chi connectivity index (χ3n) is 5.78. The molecule has 2 aromatic rings. The Morgan fingerprint density at radius 1 is 1.04 bits per heavy atom. The van der Waals surface area contributed by atoms with E-state index in [-0.39, 0.29) is 0 Å². The first-order chi connectivity index (χ1) is 13.2. The van der Waals surface area contributed by atoms with E-state index in [9.17, 15) is 0 Å². The summed E-state index contributed by atoms with van der Waals surface area (Å²) in [5, 5.41) is 3.66. The van der Waals surface area contributed by atoms with Gasteiger partial charge in [-0.15, -0.1) is 0 Å². The smallest absolute Gasteiger partial charge is 0.227 e. The first-order valence-corrected chi connectivity index (χ1v) is 10.3. The lowest BCUT2D eigenvalue weighted by Gasteiger charge is -2.34. The zero-order valence-electron chi connectivity index (χ0n) is 16.5. The molecule has 2 aliphatic heterocycles. The van der Waals surface area contributed by atoms with Gasteiger partial charge in [-0.25, -0.2) is 9.97 Å². The third-order valence-corrected chi connectivity index (χ3v) is 5.78. The van der Waals surface area contributed by atoms with Crippen molar-refractivity contribution in [1.82, 2.24) is 25.3 Å². The van der Waals surface area contributed by atoms with Crippen LogP contribution < -0.4 is 15.1 Å². The van der Waals surface area contributed by atoms with E-state index in [1.165, 1.54) is 19.3 Å². The number of rotatable bonds is 5. The fourth-order valence-electron chi connectivity index (χ4n) is 4.05. The minimum atomic E-state index is 0.543. The van der Waals surface area contributed by atoms with Gasteiger partial charge in [0, 0.05) is 56.2 Å². The van der Waals surface area contributed by atoms with Crippen LogP contribution in [0.5, 0.6) is 0 Å². The molecule has 4 rings (SSSR count). The number of nitrogens with one attached hydrogen (secondary N) is 2. The van der Waals surface area contributed by atoms with Gasteiger partial charge in [-0.3, -0.25) is 0 Å². The van der Waals surface area contributed by atoms with Crippen molar-refractivity contribution in [3.05, 3.63) is 29.5 Å². The molecule has 0 amide bonds. The van der Waals surface area contributed by atoms with Crippen LogP contribution >= 0.6 is 0 Å². The van der Waals surface area contributed by atoms with Crippen LogP contribution in [0.3, 0.4) is 0 Å². The monoisotopic (exact) mass is 369 g/mol. The summed E-state index contributed by atoms with van der Waals surface area (Å²) in [5.41, 5.74) is 3.34. The molecule has 2 aliphatic rings. The molecule has 146 valence electrons. The van der Waals surface area contributed by atoms with Gasteiger partial charge in [-0.2, -0.15) is 4.98 Å². The molecule has 2 aromatic heterocycles. The molecule has 0 unspecified atom stereocenters. The molecule has 0 bridgehead atoms. The number of imidazole rings is 1. The Morgan fingerprint density at radius 3 is 2.52 bits per heavy atom. The maximum atomic E-state index is 4.91. The second-order valence-electron chi connectivity index (χ2n) is 7.83. The molecular formula is C20H31N7. The number of aromatic nitrogens is 4. The highest BCUT2D eigenvalue weighted by Crippen LogP contribution is 2.23. The molecule has 0 radical (unpaired) electrons. The summed E-state index contributed by atoms with van der Waals surface area (Å²) in [7, 11) is 0. The van der Waals surface area contributed by atoms with Gasteiger partial charge in [0.1, 0.15) is 5.82 Å². The van der Waals surface area contributed by atoms with Gasteiger partial charge in [-0.05, 0) is 46.0 Å². The Kier molecular flexibility index (Phi) is 5.57. The summed E-state index contributed by atoms with van der Waals surface area (Å²) < 4.78 is 0. The summed E-state index contributed by atoms with van der Waals surface area (Å²) >= 11 is 0. The zero-order chi connectivity index (χ0) is 18.6. The van der Waals surface area contributed by atoms with E-state index in [4.69, 9.17) is 9.97 Å². The van der Waals surface area contributed by atoms with Crippen molar-refractivity contribution in [1.29, 1.82) is 0 Å². The quantitative estimate of drug-likeness (QED) is 0.844. The summed E-state index contributed by atoms with van der Waals surface area (Å²) in [6.45, 7) is 9.23. The largest absolute Gasteiger partial charge is 0.356 e. The van der Waals surface area contributed by atoms with E-state index in [0.717, 1.165) is 74.4 Å². The molecule has 2 saturated heterocycles. The van der Waals surface area contributed by atoms with Crippen molar-refractivity contribution in [3.8, 4) is 0 Å². The standard InChI is InChI=1S/C20H31N7/c1-15-12-19(25-20(24-15)27-8-4-3-5-9-27)26-10-6-17(7-11-26)21-13-18-16(2)22-14-23-18/h12,14,17,21H,3-11,13H2,1-2H3,(H,22,23). The molecule has 2 N–H and O–H groups in total. The highest BCUT2D eigenvalue weighted by atomic mass is 15.3. The summed E-state index contributed by atoms with van der Waals surface area (Å²) in [6, 6.07) is 2.68. The van der Waals surface area contributed by atoms with Crippen LogP contribution in [0.15, 0.2) is 12.4 Å². The number of nitrogens with zero attached hydrogens (tertiary/aromatic N) is 5. The Hall–Kier alpha value is -2.15. The molecule has 0 saturated carbocycles. The van der Waals surface area contributed by atoms with Crippen LogP contribution in [0, 0.1) is 13.8 Å². The van der Waals surface area contributed by atoms with Crippen molar-refractivity contribution in [3.63, 3.8) is 0 Å². The van der Waals surface area contributed by atoms with Crippen molar-refractivity contribution >= 4 is 11.8 Å². The predicted molar refractivity (Wildman–Crippen MR) is 108 cm³/mol. The first kappa shape index (κ1) is 18.2. The van der Waals surface area contributed by atoms with Crippen molar-refractivity contribution in [2.75, 3.05) is 36.0 Å². The number of aryl methyl sites for hydroxylation is 2. The minimum Gasteiger partial charge on any atom is -0.356 e. The summed E-state index contributed by atoms with van der Waals surface area (Å²) in [6.07, 6.45) is 7.86. The highest BCUT2D eigenvalue weighted by Gasteiger charge is 2.22. The Labute approximate surface area is 161 Å². The van der Waals surface area contributed by atoms with Crippen LogP contribution in [0.25, 0.3) is 0 Å². The lowest BCUT2D eigenvalue weighted by atomic mass is 10.0. The van der Waals surface area contributed by atoms with Crippen LogP contribution in [-0.4, -0.2) is 52.2 Å². The SMILES string of the molecule is Cc1cc(N2CCC(NCc3nc[nH]c3C)CC2)nc(N2CCCCC2)n1. The van der Waals surface area contributed by atoms with Crippen molar-refractivity contribution in [2.24, 2.45) is 0 Å². The maximum absolute atomic E-state index is 4.91. The average molecular weight is 370 g/mol. The van der Waals surface area contributed by atoms with E-state index >= 15 is 0 Å². The van der Waals surface area contributed by atoms with Crippen LogP contribution in [-0.2, 0) is 6.54 Å². The normalized spacial score (nSPS) is 18.9. The second-order valence-corrected chi connectivity index (χ2v) is 7.83. The summed E-state index contributed by atoms with van der Waals surface area (Å²) in [5.74, 6) is 2.00. The van der Waals surface area contributed by atoms with E-state index in [1.54, 1.807) is 6.33 Å². The molecule has 7 heteroatoms. The fraction of sp³-hybridized carbons (Fsp3) is 0.650. The van der Waals surface area contributed by atoms with Crippen LogP contribution in [0.1, 0.15) is 49.2 Å². The molecule has 0 aliphatic carbocycles. The molecule has 0 spiro atoms. The van der Waals surface area contributed by atoms with Gasteiger partial charge in [0.25, 0.3) is 0 Å². The van der Waals surface area contributed by atoms with Crippen molar-refractivity contribution in [2.45, 2.75) is 58.5 Å². The second kappa shape index (κ2) is 8.25. The number of hydrogen-bond acceptors (Lipinski definition) is 6. The first-order valence-electron chi connectivity index (χ1n) is 10.3. The maximum Gasteiger partial charge on any atom is 0.227 e. The molecule has 2 fully saturated rings. The van der Waals surface area contributed by atoms with E-state index in [1.807, 2.05) is 0 Å². The Bertz CT molecular complexity index is 743. The van der Waals surface area contributed by atoms with E-state index in [0.29, 0.717) is 6.04 Å². The van der Waals surface area contributed by atoms with Crippen molar-refractivity contribution < 1.29 is 0 Å². The minimum absolute atomic E-state index is 0.543. The number of hydrogen-bond donors (Lipinski definition) is 2. The van der Waals surface area contributed by atoms with E-state index in [2.05, 4.69) is 45.0 Å². The van der Waals surface area contributed by atoms with Gasteiger partial charge in [0.05, 0.1) is 12.0 Å². The molecule has 4 heterocycles. The number of H-pyrrole nitrogens is 1. The molecule has 0 atom stereocenters. The summed E-state index contributed by atoms with van der Waals surface area (Å²) in [4.78, 5) is 21.9. The number of aromatic amines is 1. The highest BCUT2D eigenvalue weighted by molar-refractivity contribution is 5.46. The third kappa shape index (κ3) is 4.40. The topological polar surface area (TPSA) is 73.0 Å². The van der Waals surface area contributed by atoms with Gasteiger partial charge in [0.15, 0.2) is 0 Å². The lowest BCUT2D eigenvalue weighted by molar-refractivity contribution is 0.410. The van der Waals surface area contributed by atoms with Gasteiger partial charge in [-0.1, -0.05) is 0 Å². The molecular weight excluding hydrogens is 338 g/mol. The fourth-order valence-corrected chi connectivity index (χ4v) is 4.05. The van der Waals surface area contributed by atoms with Crippen LogP contribution in [0.4, 0.5) is 11.8 Å².